The van der Waals surface area contributed by atoms with Crippen molar-refractivity contribution in [2.45, 2.75) is 39.7 Å². The highest BCUT2D eigenvalue weighted by atomic mass is 19.1. The van der Waals surface area contributed by atoms with Crippen LogP contribution in [-0.2, 0) is 6.42 Å². The Hall–Kier alpha value is -1.75. The lowest BCUT2D eigenvalue weighted by molar-refractivity contribution is 0.362. The van der Waals surface area contributed by atoms with Gasteiger partial charge in [0.2, 0.25) is 11.7 Å². The molecule has 108 valence electrons. The van der Waals surface area contributed by atoms with Crippen molar-refractivity contribution in [2.75, 3.05) is 6.54 Å². The van der Waals surface area contributed by atoms with E-state index in [1.54, 1.807) is 19.1 Å². The van der Waals surface area contributed by atoms with Crippen LogP contribution in [0, 0.1) is 12.7 Å². The van der Waals surface area contributed by atoms with Crippen LogP contribution < -0.4 is 5.32 Å². The van der Waals surface area contributed by atoms with Crippen LogP contribution in [0.1, 0.15) is 31.7 Å². The average Bonchev–Trinajstić information content (AvgIpc) is 2.88. The highest BCUT2D eigenvalue weighted by Gasteiger charge is 2.12. The maximum atomic E-state index is 13.2. The summed E-state index contributed by atoms with van der Waals surface area (Å²) in [4.78, 5) is 4.36. The minimum absolute atomic E-state index is 0.227. The molecule has 1 N–H and O–H groups in total. The quantitative estimate of drug-likeness (QED) is 0.881. The summed E-state index contributed by atoms with van der Waals surface area (Å²) in [6, 6.07) is 5.10. The van der Waals surface area contributed by atoms with Crippen LogP contribution >= 0.6 is 0 Å². The molecule has 0 amide bonds. The van der Waals surface area contributed by atoms with Crippen molar-refractivity contribution < 1.29 is 8.91 Å². The second kappa shape index (κ2) is 6.61. The van der Waals surface area contributed by atoms with E-state index in [2.05, 4.69) is 29.3 Å². The summed E-state index contributed by atoms with van der Waals surface area (Å²) in [5, 5.41) is 7.32. The minimum atomic E-state index is -0.227. The fraction of sp³-hybridized carbons (Fsp3) is 0.467. The Morgan fingerprint density at radius 3 is 2.90 bits per heavy atom. The predicted octanol–water partition coefficient (Wildman–Crippen LogP) is 3.11. The third-order valence-electron chi connectivity index (χ3n) is 3.11. The number of rotatable bonds is 6. The topological polar surface area (TPSA) is 51.0 Å². The first-order valence-corrected chi connectivity index (χ1v) is 6.92. The maximum Gasteiger partial charge on any atom is 0.228 e. The molecule has 0 saturated carbocycles. The Morgan fingerprint density at radius 2 is 2.20 bits per heavy atom. The van der Waals surface area contributed by atoms with Crippen molar-refractivity contribution in [1.29, 1.82) is 0 Å². The van der Waals surface area contributed by atoms with E-state index in [0.717, 1.165) is 18.5 Å². The first kappa shape index (κ1) is 14.7. The Kier molecular flexibility index (Phi) is 4.84. The molecule has 1 aromatic heterocycles. The Morgan fingerprint density at radius 1 is 1.40 bits per heavy atom. The van der Waals surface area contributed by atoms with Crippen molar-refractivity contribution in [3.8, 4) is 11.4 Å². The van der Waals surface area contributed by atoms with Crippen LogP contribution in [0.15, 0.2) is 22.7 Å². The van der Waals surface area contributed by atoms with Gasteiger partial charge in [-0.2, -0.15) is 4.98 Å². The number of benzene rings is 1. The van der Waals surface area contributed by atoms with Crippen molar-refractivity contribution in [2.24, 2.45) is 0 Å². The van der Waals surface area contributed by atoms with Gasteiger partial charge in [0.25, 0.3) is 0 Å². The lowest BCUT2D eigenvalue weighted by atomic mass is 10.1. The number of nitrogens with zero attached hydrogens (tertiary/aromatic N) is 2. The summed E-state index contributed by atoms with van der Waals surface area (Å²) in [5.74, 6) is 0.874. The summed E-state index contributed by atoms with van der Waals surface area (Å²) in [6.07, 6.45) is 1.78. The number of halogens is 1. The lowest BCUT2D eigenvalue weighted by Gasteiger charge is -2.09. The molecule has 0 aliphatic rings. The molecule has 20 heavy (non-hydrogen) atoms. The molecule has 1 heterocycles. The Labute approximate surface area is 118 Å². The predicted molar refractivity (Wildman–Crippen MR) is 75.9 cm³/mol. The largest absolute Gasteiger partial charge is 0.339 e. The molecule has 0 saturated heterocycles. The summed E-state index contributed by atoms with van der Waals surface area (Å²) < 4.78 is 18.5. The number of hydrogen-bond donors (Lipinski definition) is 1. The van der Waals surface area contributed by atoms with Crippen molar-refractivity contribution in [3.63, 3.8) is 0 Å². The maximum absolute atomic E-state index is 13.2. The van der Waals surface area contributed by atoms with Gasteiger partial charge < -0.3 is 9.84 Å². The van der Waals surface area contributed by atoms with Gasteiger partial charge >= 0.3 is 0 Å². The van der Waals surface area contributed by atoms with Gasteiger partial charge in [0.15, 0.2) is 0 Å². The molecule has 0 spiro atoms. The number of aromatic nitrogens is 2. The van der Waals surface area contributed by atoms with E-state index in [1.807, 2.05) is 0 Å². The zero-order chi connectivity index (χ0) is 14.5. The molecule has 0 fully saturated rings. The summed E-state index contributed by atoms with van der Waals surface area (Å²) >= 11 is 0. The van der Waals surface area contributed by atoms with E-state index in [1.165, 1.54) is 6.07 Å². The number of nitrogens with one attached hydrogen (secondary N) is 1. The molecule has 4 nitrogen and oxygen atoms in total. The zero-order valence-electron chi connectivity index (χ0n) is 12.1. The second-order valence-corrected chi connectivity index (χ2v) is 5.03. The highest BCUT2D eigenvalue weighted by molar-refractivity contribution is 5.55. The van der Waals surface area contributed by atoms with Crippen molar-refractivity contribution in [1.82, 2.24) is 15.5 Å². The third kappa shape index (κ3) is 3.63. The standard InChI is InChI=1S/C15H20FN3O/c1-4-7-17-11(3)9-14-18-15(19-20-14)12-5-6-13(16)10(2)8-12/h5-6,8,11,17H,4,7,9H2,1-3H3. The highest BCUT2D eigenvalue weighted by Crippen LogP contribution is 2.19. The molecule has 2 rings (SSSR count). The summed E-state index contributed by atoms with van der Waals surface area (Å²) in [5.41, 5.74) is 1.35. The average molecular weight is 277 g/mol. The monoisotopic (exact) mass is 277 g/mol. The van der Waals surface area contributed by atoms with E-state index in [0.29, 0.717) is 29.7 Å². The summed E-state index contributed by atoms with van der Waals surface area (Å²) in [7, 11) is 0. The van der Waals surface area contributed by atoms with Gasteiger partial charge in [0.05, 0.1) is 0 Å². The molecule has 1 aromatic carbocycles. The van der Waals surface area contributed by atoms with E-state index in [9.17, 15) is 4.39 Å². The lowest BCUT2D eigenvalue weighted by Crippen LogP contribution is -2.28. The zero-order valence-corrected chi connectivity index (χ0v) is 12.1. The van der Waals surface area contributed by atoms with Crippen molar-refractivity contribution in [3.05, 3.63) is 35.5 Å². The van der Waals surface area contributed by atoms with Gasteiger partial charge in [-0.05, 0) is 50.6 Å². The van der Waals surface area contributed by atoms with E-state index in [-0.39, 0.29) is 5.82 Å². The molecular weight excluding hydrogens is 257 g/mol. The number of hydrogen-bond acceptors (Lipinski definition) is 4. The molecule has 1 unspecified atom stereocenters. The van der Waals surface area contributed by atoms with Gasteiger partial charge in [-0.1, -0.05) is 12.1 Å². The summed E-state index contributed by atoms with van der Waals surface area (Å²) in [6.45, 7) is 6.90. The number of aryl methyl sites for hydroxylation is 1. The molecule has 0 aliphatic carbocycles. The van der Waals surface area contributed by atoms with Gasteiger partial charge in [0.1, 0.15) is 5.82 Å². The van der Waals surface area contributed by atoms with Gasteiger partial charge in [-0.25, -0.2) is 4.39 Å². The molecule has 1 atom stereocenters. The third-order valence-corrected chi connectivity index (χ3v) is 3.11. The van der Waals surface area contributed by atoms with Crippen LogP contribution in [-0.4, -0.2) is 22.7 Å². The minimum Gasteiger partial charge on any atom is -0.339 e. The van der Waals surface area contributed by atoms with Crippen molar-refractivity contribution >= 4 is 0 Å². The second-order valence-electron chi connectivity index (χ2n) is 5.03. The van der Waals surface area contributed by atoms with Crippen LogP contribution in [0.2, 0.25) is 0 Å². The van der Waals surface area contributed by atoms with Crippen LogP contribution in [0.4, 0.5) is 4.39 Å². The normalized spacial score (nSPS) is 12.6. The van der Waals surface area contributed by atoms with Gasteiger partial charge in [0, 0.05) is 18.0 Å². The molecular formula is C15H20FN3O. The van der Waals surface area contributed by atoms with Crippen LogP contribution in [0.25, 0.3) is 11.4 Å². The van der Waals surface area contributed by atoms with Gasteiger partial charge in [-0.3, -0.25) is 0 Å². The molecule has 0 aliphatic heterocycles. The first-order valence-electron chi connectivity index (χ1n) is 6.92. The van der Waals surface area contributed by atoms with Gasteiger partial charge in [-0.15, -0.1) is 0 Å². The smallest absolute Gasteiger partial charge is 0.228 e. The van der Waals surface area contributed by atoms with Crippen LogP contribution in [0.5, 0.6) is 0 Å². The molecule has 2 aromatic rings. The fourth-order valence-electron chi connectivity index (χ4n) is 1.96. The Bertz CT molecular complexity index is 568. The first-order chi connectivity index (χ1) is 9.60. The molecule has 0 radical (unpaired) electrons. The van der Waals surface area contributed by atoms with E-state index in [4.69, 9.17) is 4.52 Å². The molecule has 5 heteroatoms. The van der Waals surface area contributed by atoms with E-state index >= 15 is 0 Å². The molecule has 0 bridgehead atoms. The SMILES string of the molecule is CCCNC(C)Cc1nc(-c2ccc(F)c(C)c2)no1. The Balaban J connectivity index is 2.06. The fourth-order valence-corrected chi connectivity index (χ4v) is 1.96. The van der Waals surface area contributed by atoms with E-state index < -0.39 is 0 Å². The van der Waals surface area contributed by atoms with Crippen LogP contribution in [0.3, 0.4) is 0 Å².